The third kappa shape index (κ3) is 3.33. The lowest BCUT2D eigenvalue weighted by Crippen LogP contribution is -2.40. The molecule has 0 unspecified atom stereocenters. The lowest BCUT2D eigenvalue weighted by atomic mass is 9.98. The van der Waals surface area contributed by atoms with E-state index in [4.69, 9.17) is 4.74 Å². The van der Waals surface area contributed by atoms with Crippen molar-refractivity contribution < 1.29 is 9.53 Å². The fraction of sp³-hybridized carbons (Fsp3) is 0.500. The minimum absolute atomic E-state index is 0.0328. The van der Waals surface area contributed by atoms with Crippen LogP contribution < -0.4 is 5.56 Å². The molecule has 0 radical (unpaired) electrons. The van der Waals surface area contributed by atoms with Crippen molar-refractivity contribution in [2.24, 2.45) is 13.0 Å². The third-order valence-electron chi connectivity index (χ3n) is 4.57. The second-order valence-electron chi connectivity index (χ2n) is 6.24. The monoisotopic (exact) mass is 329 g/mol. The molecule has 2 aromatic rings. The average Bonchev–Trinajstić information content (AvgIpc) is 2.60. The molecule has 1 aromatic heterocycles. The highest BCUT2D eigenvalue weighted by atomic mass is 16.5. The zero-order valence-electron chi connectivity index (χ0n) is 14.2. The highest BCUT2D eigenvalue weighted by Gasteiger charge is 2.27. The number of carbonyl (C=O) groups is 1. The van der Waals surface area contributed by atoms with Crippen molar-refractivity contribution in [3.63, 3.8) is 0 Å². The van der Waals surface area contributed by atoms with Crippen LogP contribution in [-0.4, -0.2) is 40.1 Å². The Balaban J connectivity index is 1.81. The van der Waals surface area contributed by atoms with Crippen LogP contribution in [0.5, 0.6) is 0 Å². The number of likely N-dealkylation sites (tertiary alicyclic amines) is 1. The number of nitrogens with zero attached hydrogens (tertiary/aromatic N) is 3. The quantitative estimate of drug-likeness (QED) is 0.799. The van der Waals surface area contributed by atoms with E-state index in [-0.39, 0.29) is 17.4 Å². The predicted octanol–water partition coefficient (Wildman–Crippen LogP) is 1.71. The van der Waals surface area contributed by atoms with Gasteiger partial charge in [-0.1, -0.05) is 12.1 Å². The van der Waals surface area contributed by atoms with E-state index in [1.807, 2.05) is 25.1 Å². The zero-order valence-corrected chi connectivity index (χ0v) is 14.2. The Hall–Kier alpha value is -2.21. The molecule has 2 heterocycles. The van der Waals surface area contributed by atoms with E-state index >= 15 is 0 Å². The number of ether oxygens (including phenoxy) is 1. The molecule has 0 amide bonds. The van der Waals surface area contributed by atoms with Crippen LogP contribution in [0.1, 0.15) is 25.6 Å². The van der Waals surface area contributed by atoms with Gasteiger partial charge in [0.05, 0.1) is 30.0 Å². The molecule has 128 valence electrons. The largest absolute Gasteiger partial charge is 0.466 e. The topological polar surface area (TPSA) is 64.4 Å². The van der Waals surface area contributed by atoms with Crippen molar-refractivity contribution in [1.29, 1.82) is 0 Å². The summed E-state index contributed by atoms with van der Waals surface area (Å²) in [7, 11) is 1.75. The van der Waals surface area contributed by atoms with Crippen molar-refractivity contribution >= 4 is 16.9 Å². The van der Waals surface area contributed by atoms with Crippen molar-refractivity contribution in [2.45, 2.75) is 26.3 Å². The molecule has 1 aromatic carbocycles. The van der Waals surface area contributed by atoms with E-state index in [0.29, 0.717) is 25.1 Å². The molecule has 6 heteroatoms. The zero-order chi connectivity index (χ0) is 17.1. The Labute approximate surface area is 141 Å². The molecule has 1 atom stereocenters. The van der Waals surface area contributed by atoms with Crippen molar-refractivity contribution in [3.05, 3.63) is 40.4 Å². The molecule has 0 N–H and O–H groups in total. The number of para-hydroxylation sites is 1. The number of aromatic nitrogens is 2. The average molecular weight is 329 g/mol. The molecular weight excluding hydrogens is 306 g/mol. The molecule has 6 nitrogen and oxygen atoms in total. The van der Waals surface area contributed by atoms with Gasteiger partial charge in [-0.15, -0.1) is 0 Å². The number of hydrogen-bond donors (Lipinski definition) is 0. The summed E-state index contributed by atoms with van der Waals surface area (Å²) in [5.41, 5.74) is 0.684. The Kier molecular flexibility index (Phi) is 4.94. The van der Waals surface area contributed by atoms with Crippen molar-refractivity contribution in [2.75, 3.05) is 19.7 Å². The molecule has 0 bridgehead atoms. The van der Waals surface area contributed by atoms with Gasteiger partial charge < -0.3 is 4.74 Å². The van der Waals surface area contributed by atoms with Gasteiger partial charge >= 0.3 is 5.97 Å². The first-order valence-electron chi connectivity index (χ1n) is 8.43. The van der Waals surface area contributed by atoms with Crippen LogP contribution in [0, 0.1) is 5.92 Å². The van der Waals surface area contributed by atoms with Crippen LogP contribution in [0.4, 0.5) is 0 Å². The maximum absolute atomic E-state index is 12.5. The lowest BCUT2D eigenvalue weighted by Gasteiger charge is -2.31. The summed E-state index contributed by atoms with van der Waals surface area (Å²) in [6.45, 7) is 4.36. The minimum atomic E-state index is -0.123. The highest BCUT2D eigenvalue weighted by Crippen LogP contribution is 2.19. The molecule has 0 saturated carbocycles. The van der Waals surface area contributed by atoms with E-state index < -0.39 is 0 Å². The Bertz CT molecular complexity index is 800. The minimum Gasteiger partial charge on any atom is -0.466 e. The number of carbonyl (C=O) groups excluding carboxylic acids is 1. The highest BCUT2D eigenvalue weighted by molar-refractivity contribution is 5.77. The molecule has 1 aliphatic heterocycles. The van der Waals surface area contributed by atoms with Gasteiger partial charge in [0.15, 0.2) is 0 Å². The summed E-state index contributed by atoms with van der Waals surface area (Å²) >= 11 is 0. The summed E-state index contributed by atoms with van der Waals surface area (Å²) in [4.78, 5) is 31.3. The number of fused-ring (bicyclic) bond motifs is 1. The second-order valence-corrected chi connectivity index (χ2v) is 6.24. The summed E-state index contributed by atoms with van der Waals surface area (Å²) in [5, 5.41) is 0.631. The number of benzene rings is 1. The van der Waals surface area contributed by atoms with Gasteiger partial charge in [-0.05, 0) is 38.4 Å². The van der Waals surface area contributed by atoms with Crippen LogP contribution >= 0.6 is 0 Å². The van der Waals surface area contributed by atoms with Crippen LogP contribution in [0.3, 0.4) is 0 Å². The van der Waals surface area contributed by atoms with Crippen molar-refractivity contribution in [3.8, 4) is 0 Å². The third-order valence-corrected chi connectivity index (χ3v) is 4.57. The Morgan fingerprint density at radius 1 is 1.38 bits per heavy atom. The van der Waals surface area contributed by atoms with E-state index in [2.05, 4.69) is 9.88 Å². The SMILES string of the molecule is CCOC(=O)[C@@H]1CCCN(Cc2nc3ccccc3c(=O)n2C)C1. The molecular formula is C18H23N3O3. The maximum Gasteiger partial charge on any atom is 0.310 e. The van der Waals surface area contributed by atoms with Crippen LogP contribution in [0.25, 0.3) is 10.9 Å². The van der Waals surface area contributed by atoms with Gasteiger partial charge in [0.1, 0.15) is 5.82 Å². The molecule has 0 spiro atoms. The molecule has 3 rings (SSSR count). The smallest absolute Gasteiger partial charge is 0.310 e. The first-order chi connectivity index (χ1) is 11.6. The fourth-order valence-corrected chi connectivity index (χ4v) is 3.26. The number of rotatable bonds is 4. The number of piperidine rings is 1. The van der Waals surface area contributed by atoms with Crippen LogP contribution in [0.15, 0.2) is 29.1 Å². The lowest BCUT2D eigenvalue weighted by molar-refractivity contribution is -0.150. The number of hydrogen-bond acceptors (Lipinski definition) is 5. The second kappa shape index (κ2) is 7.13. The van der Waals surface area contributed by atoms with E-state index in [0.717, 1.165) is 30.7 Å². The van der Waals surface area contributed by atoms with Gasteiger partial charge in [0.25, 0.3) is 5.56 Å². The normalized spacial score (nSPS) is 18.7. The number of esters is 1. The Morgan fingerprint density at radius 2 is 2.17 bits per heavy atom. The van der Waals surface area contributed by atoms with Gasteiger partial charge in [-0.2, -0.15) is 0 Å². The van der Waals surface area contributed by atoms with Gasteiger partial charge in [0.2, 0.25) is 0 Å². The van der Waals surface area contributed by atoms with Crippen LogP contribution in [0.2, 0.25) is 0 Å². The predicted molar refractivity (Wildman–Crippen MR) is 91.6 cm³/mol. The molecule has 24 heavy (non-hydrogen) atoms. The first-order valence-corrected chi connectivity index (χ1v) is 8.43. The summed E-state index contributed by atoms with van der Waals surface area (Å²) in [6.07, 6.45) is 1.81. The van der Waals surface area contributed by atoms with Crippen LogP contribution in [-0.2, 0) is 23.1 Å². The Morgan fingerprint density at radius 3 is 2.96 bits per heavy atom. The molecule has 1 fully saturated rings. The maximum atomic E-state index is 12.5. The fourth-order valence-electron chi connectivity index (χ4n) is 3.26. The molecule has 1 saturated heterocycles. The van der Waals surface area contributed by atoms with E-state index in [1.54, 1.807) is 17.7 Å². The van der Waals surface area contributed by atoms with Gasteiger partial charge in [0, 0.05) is 13.6 Å². The van der Waals surface area contributed by atoms with Crippen molar-refractivity contribution in [1.82, 2.24) is 14.5 Å². The standard InChI is InChI=1S/C18H23N3O3/c1-3-24-18(23)13-7-6-10-21(11-13)12-16-19-15-9-5-4-8-14(15)17(22)20(16)2/h4-5,8-9,13H,3,6-7,10-12H2,1-2H3/t13-/m1/s1. The first kappa shape index (κ1) is 16.6. The van der Waals surface area contributed by atoms with E-state index in [9.17, 15) is 9.59 Å². The van der Waals surface area contributed by atoms with Gasteiger partial charge in [-0.25, -0.2) is 4.98 Å². The summed E-state index contributed by atoms with van der Waals surface area (Å²) < 4.78 is 6.75. The molecule has 0 aliphatic carbocycles. The van der Waals surface area contributed by atoms with E-state index in [1.165, 1.54) is 0 Å². The van der Waals surface area contributed by atoms with Gasteiger partial charge in [-0.3, -0.25) is 19.1 Å². The summed E-state index contributed by atoms with van der Waals surface area (Å²) in [5.74, 6) is 0.516. The summed E-state index contributed by atoms with van der Waals surface area (Å²) in [6, 6.07) is 7.39. The molecule has 1 aliphatic rings.